The molecule has 0 bridgehead atoms. The second-order valence-electron chi connectivity index (χ2n) is 13.3. The zero-order valence-electron chi connectivity index (χ0n) is 32.4. The van der Waals surface area contributed by atoms with Crippen LogP contribution in [0.15, 0.2) is 21.9 Å². The van der Waals surface area contributed by atoms with Crippen molar-refractivity contribution in [1.29, 1.82) is 0 Å². The molecule has 0 aliphatic carbocycles. The Bertz CT molecular complexity index is 1120. The summed E-state index contributed by atoms with van der Waals surface area (Å²) in [5.41, 5.74) is -1.03. The number of carbonyl (C=O) groups is 2. The van der Waals surface area contributed by atoms with Crippen molar-refractivity contribution in [2.75, 3.05) is 34.4 Å². The number of aromatic nitrogens is 2. The van der Waals surface area contributed by atoms with Crippen LogP contribution in [0.5, 0.6) is 0 Å². The molecule has 1 aromatic rings. The smallest absolute Gasteiger partial charge is 0.333 e. The van der Waals surface area contributed by atoms with E-state index < -0.39 is 36.0 Å². The highest BCUT2D eigenvalue weighted by Gasteiger charge is 2.28. The molecular formula is C38H71N3O9. The molecule has 0 radical (unpaired) electrons. The third kappa shape index (κ3) is 21.0. The van der Waals surface area contributed by atoms with Gasteiger partial charge in [0.1, 0.15) is 31.6 Å². The zero-order valence-corrected chi connectivity index (χ0v) is 32.4. The summed E-state index contributed by atoms with van der Waals surface area (Å²) >= 11 is 0. The minimum atomic E-state index is -0.531. The van der Waals surface area contributed by atoms with Crippen LogP contribution in [0.1, 0.15) is 149 Å². The van der Waals surface area contributed by atoms with Gasteiger partial charge in [-0.3, -0.25) is 14.2 Å². The molecule has 0 saturated carbocycles. The Morgan fingerprint density at radius 1 is 0.800 bits per heavy atom. The molecule has 0 aromatic carbocycles. The van der Waals surface area contributed by atoms with Crippen molar-refractivity contribution in [2.24, 2.45) is 0 Å². The van der Waals surface area contributed by atoms with Gasteiger partial charge in [0.2, 0.25) is 0 Å². The van der Waals surface area contributed by atoms with Crippen LogP contribution >= 0.6 is 0 Å². The van der Waals surface area contributed by atoms with E-state index in [1.807, 2.05) is 19.0 Å². The van der Waals surface area contributed by atoms with Crippen molar-refractivity contribution in [3.05, 3.63) is 33.1 Å². The largest absolute Gasteiger partial charge is 0.461 e. The Morgan fingerprint density at radius 3 is 1.78 bits per heavy atom. The highest BCUT2D eigenvalue weighted by molar-refractivity contribution is 5.70. The number of ether oxygens (including phenoxy) is 3. The summed E-state index contributed by atoms with van der Waals surface area (Å²) in [6.07, 6.45) is 19.4. The quantitative estimate of drug-likeness (QED) is 0.0968. The van der Waals surface area contributed by atoms with E-state index in [0.29, 0.717) is 6.42 Å². The monoisotopic (exact) mass is 714 g/mol. The summed E-state index contributed by atoms with van der Waals surface area (Å²) in [4.78, 5) is 51.0. The molecular weight excluding hydrogens is 642 g/mol. The fourth-order valence-electron chi connectivity index (χ4n) is 5.89. The first-order valence-corrected chi connectivity index (χ1v) is 19.2. The first-order chi connectivity index (χ1) is 24.1. The summed E-state index contributed by atoms with van der Waals surface area (Å²) < 4.78 is 19.3. The summed E-state index contributed by atoms with van der Waals surface area (Å²) in [7, 11) is 4.96. The van der Waals surface area contributed by atoms with E-state index >= 15 is 0 Å². The van der Waals surface area contributed by atoms with E-state index in [0.717, 1.165) is 102 Å². The standard InChI is InChI=1S/C24H41N3O5.C13H26O3.CH4O/c1-5-7-9-10-12-19(11-8-6-2)32-23(29)18-27-21(28)15-16-26(24(27)30)22-14-13-20(31-22)17-25(3)4;1-3-5-7-8-10-12(9-6-4-2)16-13(15)11-14;1-2/h15-16,19-20,22H,5-14,17-18H2,1-4H3;12,14H,3-11H2,1-2H3;2H,1H3. The lowest BCUT2D eigenvalue weighted by Gasteiger charge is -2.20. The number of hydrogen-bond acceptors (Lipinski definition) is 10. The van der Waals surface area contributed by atoms with Crippen molar-refractivity contribution < 1.29 is 34.0 Å². The molecule has 1 aromatic heterocycles. The fraction of sp³-hybridized carbons (Fsp3) is 0.842. The Hall–Kier alpha value is -2.54. The number of esters is 2. The van der Waals surface area contributed by atoms with Gasteiger partial charge in [-0.05, 0) is 65.5 Å². The second-order valence-corrected chi connectivity index (χ2v) is 13.3. The fourth-order valence-corrected chi connectivity index (χ4v) is 5.89. The van der Waals surface area contributed by atoms with Crippen molar-refractivity contribution in [1.82, 2.24) is 14.0 Å². The van der Waals surface area contributed by atoms with Gasteiger partial charge >= 0.3 is 17.6 Å². The molecule has 0 amide bonds. The van der Waals surface area contributed by atoms with Gasteiger partial charge in [-0.2, -0.15) is 0 Å². The third-order valence-corrected chi connectivity index (χ3v) is 8.59. The van der Waals surface area contributed by atoms with Crippen molar-refractivity contribution >= 4 is 11.9 Å². The van der Waals surface area contributed by atoms with Crippen LogP contribution in [-0.2, 0) is 30.3 Å². The van der Waals surface area contributed by atoms with Gasteiger partial charge in [0, 0.05) is 25.9 Å². The lowest BCUT2D eigenvalue weighted by Crippen LogP contribution is -2.42. The Balaban J connectivity index is 0.00000112. The summed E-state index contributed by atoms with van der Waals surface area (Å²) in [6, 6.07) is 1.32. The van der Waals surface area contributed by atoms with Gasteiger partial charge in [-0.15, -0.1) is 0 Å². The van der Waals surface area contributed by atoms with Crippen LogP contribution in [0.3, 0.4) is 0 Å². The summed E-state index contributed by atoms with van der Waals surface area (Å²) in [6.45, 7) is 8.48. The highest BCUT2D eigenvalue weighted by Crippen LogP contribution is 2.27. The first kappa shape index (κ1) is 47.5. The van der Waals surface area contributed by atoms with E-state index in [4.69, 9.17) is 24.4 Å². The number of carbonyl (C=O) groups excluding carboxylic acids is 2. The average molecular weight is 714 g/mol. The number of rotatable bonds is 24. The van der Waals surface area contributed by atoms with Crippen LogP contribution in [0.25, 0.3) is 0 Å². The molecule has 2 heterocycles. The molecule has 12 heteroatoms. The Labute approximate surface area is 301 Å². The molecule has 0 spiro atoms. The number of hydrogen-bond donors (Lipinski definition) is 2. The molecule has 2 rings (SSSR count). The van der Waals surface area contributed by atoms with E-state index in [-0.39, 0.29) is 24.9 Å². The van der Waals surface area contributed by atoms with Crippen molar-refractivity contribution in [3.8, 4) is 0 Å². The molecule has 2 N–H and O–H groups in total. The molecule has 1 aliphatic heterocycles. The lowest BCUT2D eigenvalue weighted by molar-refractivity contribution is -0.153. The van der Waals surface area contributed by atoms with Gasteiger partial charge in [0.15, 0.2) is 0 Å². The molecule has 292 valence electrons. The predicted octanol–water partition coefficient (Wildman–Crippen LogP) is 5.98. The average Bonchev–Trinajstić information content (AvgIpc) is 3.56. The molecule has 50 heavy (non-hydrogen) atoms. The summed E-state index contributed by atoms with van der Waals surface area (Å²) in [5, 5.41) is 15.6. The number of aliphatic hydroxyl groups excluding tert-OH is 2. The molecule has 12 nitrogen and oxygen atoms in total. The number of likely N-dealkylation sites (N-methyl/N-ethyl adjacent to an activating group) is 1. The SMILES string of the molecule is CCCCCCC(CCCC)OC(=O)CO.CCCCCCC(CCCC)OC(=O)Cn1c(=O)ccn(C2CCC(CN(C)C)O2)c1=O.CO. The molecule has 4 unspecified atom stereocenters. The maximum atomic E-state index is 13.0. The normalized spacial score (nSPS) is 16.5. The van der Waals surface area contributed by atoms with E-state index in [9.17, 15) is 19.2 Å². The predicted molar refractivity (Wildman–Crippen MR) is 198 cm³/mol. The number of aliphatic hydroxyl groups is 2. The van der Waals surface area contributed by atoms with Crippen LogP contribution in [0.4, 0.5) is 0 Å². The first-order valence-electron chi connectivity index (χ1n) is 19.2. The highest BCUT2D eigenvalue weighted by atomic mass is 16.6. The van der Waals surface area contributed by atoms with Crippen molar-refractivity contribution in [3.63, 3.8) is 0 Å². The second kappa shape index (κ2) is 30.1. The third-order valence-electron chi connectivity index (χ3n) is 8.59. The van der Waals surface area contributed by atoms with E-state index in [1.165, 1.54) is 42.5 Å². The van der Waals surface area contributed by atoms with Crippen LogP contribution in [-0.4, -0.2) is 88.9 Å². The van der Waals surface area contributed by atoms with Gasteiger partial charge in [-0.25, -0.2) is 14.2 Å². The van der Waals surface area contributed by atoms with Crippen LogP contribution < -0.4 is 11.2 Å². The number of nitrogens with zero attached hydrogens (tertiary/aromatic N) is 3. The van der Waals surface area contributed by atoms with Gasteiger partial charge in [-0.1, -0.05) is 91.9 Å². The van der Waals surface area contributed by atoms with Crippen LogP contribution in [0.2, 0.25) is 0 Å². The Kier molecular flexibility index (Phi) is 28.6. The lowest BCUT2D eigenvalue weighted by atomic mass is 10.0. The minimum absolute atomic E-state index is 0.0106. The van der Waals surface area contributed by atoms with Gasteiger partial charge < -0.3 is 29.3 Å². The van der Waals surface area contributed by atoms with Gasteiger partial charge in [0.25, 0.3) is 5.56 Å². The molecule has 1 saturated heterocycles. The van der Waals surface area contributed by atoms with E-state index in [2.05, 4.69) is 27.7 Å². The minimum Gasteiger partial charge on any atom is -0.461 e. The van der Waals surface area contributed by atoms with E-state index in [1.54, 1.807) is 0 Å². The zero-order chi connectivity index (χ0) is 37.7. The Morgan fingerprint density at radius 2 is 1.30 bits per heavy atom. The maximum absolute atomic E-state index is 13.0. The number of unbranched alkanes of at least 4 members (excludes halogenated alkanes) is 8. The molecule has 4 atom stereocenters. The van der Waals surface area contributed by atoms with Crippen molar-refractivity contribution in [2.45, 2.75) is 174 Å². The molecule has 1 fully saturated rings. The maximum Gasteiger partial charge on any atom is 0.333 e. The molecule has 1 aliphatic rings. The summed E-state index contributed by atoms with van der Waals surface area (Å²) in [5.74, 6) is -1.02. The topological polar surface area (TPSA) is 150 Å². The van der Waals surface area contributed by atoms with Gasteiger partial charge in [0.05, 0.1) is 6.10 Å². The van der Waals surface area contributed by atoms with Crippen LogP contribution in [0, 0.1) is 0 Å².